The van der Waals surface area contributed by atoms with Crippen LogP contribution in [-0.2, 0) is 46.0 Å². The molecule has 13 nitrogen and oxygen atoms in total. The normalized spacial score (nSPS) is 16.4. The first-order chi connectivity index (χ1) is 26.4. The second-order valence-corrected chi connectivity index (χ2v) is 19.3. The van der Waals surface area contributed by atoms with Gasteiger partial charge in [-0.25, -0.2) is 8.78 Å². The van der Waals surface area contributed by atoms with Crippen LogP contribution in [0.2, 0.25) is 0 Å². The monoisotopic (exact) mass is 858 g/mol. The zero-order chi connectivity index (χ0) is 42.8. The van der Waals surface area contributed by atoms with Crippen LogP contribution in [0.25, 0.3) is 0 Å². The Morgan fingerprint density at radius 1 is 0.877 bits per heavy atom. The van der Waals surface area contributed by atoms with Gasteiger partial charge in [0, 0.05) is 53.4 Å². The van der Waals surface area contributed by atoms with Gasteiger partial charge in [0.1, 0.15) is 11.6 Å². The molecule has 0 saturated heterocycles. The van der Waals surface area contributed by atoms with Crippen molar-refractivity contribution in [1.82, 2.24) is 0 Å². The minimum Gasteiger partial charge on any atom is -0.481 e. The summed E-state index contributed by atoms with van der Waals surface area (Å²) in [6.07, 6.45) is 11.1. The van der Waals surface area contributed by atoms with Crippen LogP contribution in [0.15, 0.2) is 83.5 Å². The Morgan fingerprint density at radius 3 is 2.14 bits per heavy atom. The molecule has 0 radical (unpaired) electrons. The van der Waals surface area contributed by atoms with Gasteiger partial charge in [0.15, 0.2) is 0 Å². The van der Waals surface area contributed by atoms with Crippen molar-refractivity contribution in [3.8, 4) is 0 Å². The molecule has 0 aromatic heterocycles. The fraction of sp³-hybridized carbons (Fsp3) is 0.462. The molecule has 0 amide bonds. The lowest BCUT2D eigenvalue weighted by molar-refractivity contribution is -0.137. The Hall–Kier alpha value is -3.94. The summed E-state index contributed by atoms with van der Waals surface area (Å²) in [7, 11) is -13.1. The molecule has 1 aliphatic heterocycles. The molecule has 0 saturated carbocycles. The molecule has 1 atom stereocenters. The second-order valence-electron chi connectivity index (χ2n) is 14.8. The van der Waals surface area contributed by atoms with E-state index in [-0.39, 0.29) is 38.6 Å². The van der Waals surface area contributed by atoms with Gasteiger partial charge in [-0.05, 0) is 80.0 Å². The number of unbranched alkanes of at least 4 members (excludes halogenated alkanes) is 4. The maximum Gasteiger partial charge on any atom is 0.303 e. The standard InChI is InChI=1S/C39H52F2N2O11S3/c1-28(15-7-5-8-16-35-38(2,3)37-32(41)25-29(40)26-34(37)43(35)22-12-6-9-17-36(44)45)39(4,20-10-13-23-55(46,47)48)31-27-30(57(52,53)54)18-19-33(31)42-21-11-14-24-56(49,50)51/h5,7-8,15-16,18-19,25-27,42H,1,6,9-14,17,20-24H2,2-4H3,(H,44,45)(H,46,47,48)(H,49,50,51)(H,52,53,54). The molecule has 18 heteroatoms. The van der Waals surface area contributed by atoms with Crippen LogP contribution in [0.5, 0.6) is 0 Å². The topological polar surface area (TPSA) is 216 Å². The first-order valence-electron chi connectivity index (χ1n) is 18.4. The van der Waals surface area contributed by atoms with E-state index in [0.29, 0.717) is 66.0 Å². The predicted molar refractivity (Wildman–Crippen MR) is 216 cm³/mol. The smallest absolute Gasteiger partial charge is 0.303 e. The number of carboxylic acid groups (broad SMARTS) is 1. The number of nitrogens with zero attached hydrogens (tertiary/aromatic N) is 1. The van der Waals surface area contributed by atoms with E-state index in [9.17, 15) is 43.5 Å². The molecule has 1 aliphatic rings. The van der Waals surface area contributed by atoms with Crippen LogP contribution < -0.4 is 10.2 Å². The second kappa shape index (κ2) is 19.7. The number of allylic oxidation sites excluding steroid dienone is 7. The lowest BCUT2D eigenvalue weighted by Gasteiger charge is -2.34. The van der Waals surface area contributed by atoms with Crippen LogP contribution >= 0.6 is 0 Å². The molecular formula is C39H52F2N2O11S3. The molecular weight excluding hydrogens is 807 g/mol. The number of hydrogen-bond acceptors (Lipinski definition) is 9. The van der Waals surface area contributed by atoms with E-state index in [1.54, 1.807) is 37.3 Å². The number of halogens is 2. The molecule has 2 aromatic rings. The van der Waals surface area contributed by atoms with Crippen molar-refractivity contribution in [2.45, 2.75) is 94.3 Å². The number of rotatable bonds is 23. The summed E-state index contributed by atoms with van der Waals surface area (Å²) in [6, 6.07) is 6.03. The van der Waals surface area contributed by atoms with Crippen LogP contribution in [0.1, 0.15) is 89.7 Å². The third kappa shape index (κ3) is 13.8. The van der Waals surface area contributed by atoms with E-state index in [4.69, 9.17) is 9.66 Å². The SMILES string of the molecule is C=C(C=CC=CC=C1N(CCCCCC(=O)O)c2cc(F)cc(F)c2C1(C)C)C(C)(CCCCS(=O)(=O)O)c1cc(S(=O)(=O)O)ccc1NCCCCS(=O)(=O)O. The maximum absolute atomic E-state index is 15.2. The number of anilines is 2. The lowest BCUT2D eigenvalue weighted by Crippen LogP contribution is -2.27. The quantitative estimate of drug-likeness (QED) is 0.0414. The summed E-state index contributed by atoms with van der Waals surface area (Å²) in [4.78, 5) is 12.4. The number of aliphatic carboxylic acids is 1. The molecule has 57 heavy (non-hydrogen) atoms. The highest BCUT2D eigenvalue weighted by Crippen LogP contribution is 2.49. The molecule has 1 heterocycles. The van der Waals surface area contributed by atoms with Crippen molar-refractivity contribution in [2.24, 2.45) is 0 Å². The highest BCUT2D eigenvalue weighted by atomic mass is 32.2. The number of hydrogen-bond donors (Lipinski definition) is 5. The molecule has 0 bridgehead atoms. The van der Waals surface area contributed by atoms with Gasteiger partial charge in [-0.15, -0.1) is 0 Å². The fourth-order valence-electron chi connectivity index (χ4n) is 6.97. The van der Waals surface area contributed by atoms with Gasteiger partial charge in [-0.1, -0.05) is 64.5 Å². The fourth-order valence-corrected chi connectivity index (χ4v) is 8.62. The molecule has 1 unspecified atom stereocenters. The summed E-state index contributed by atoms with van der Waals surface area (Å²) in [5.74, 6) is -3.28. The van der Waals surface area contributed by atoms with Crippen LogP contribution in [0, 0.1) is 11.6 Å². The highest BCUT2D eigenvalue weighted by molar-refractivity contribution is 7.86. The number of carboxylic acids is 1. The van der Waals surface area contributed by atoms with E-state index >= 15 is 4.39 Å². The first kappa shape index (κ1) is 47.4. The van der Waals surface area contributed by atoms with Gasteiger partial charge in [0.05, 0.1) is 22.1 Å². The number of benzene rings is 2. The van der Waals surface area contributed by atoms with E-state index in [1.807, 2.05) is 18.7 Å². The van der Waals surface area contributed by atoms with Crippen molar-refractivity contribution >= 4 is 47.7 Å². The maximum atomic E-state index is 15.2. The van der Waals surface area contributed by atoms with E-state index in [1.165, 1.54) is 24.3 Å². The molecule has 2 aromatic carbocycles. The van der Waals surface area contributed by atoms with Crippen LogP contribution in [0.3, 0.4) is 0 Å². The minimum atomic E-state index is -4.67. The first-order valence-corrected chi connectivity index (χ1v) is 23.0. The third-order valence-electron chi connectivity index (χ3n) is 9.99. The molecule has 0 fully saturated rings. The molecule has 0 spiro atoms. The van der Waals surface area contributed by atoms with Crippen LogP contribution in [-0.4, -0.2) is 74.6 Å². The van der Waals surface area contributed by atoms with Crippen molar-refractivity contribution in [2.75, 3.05) is 34.8 Å². The van der Waals surface area contributed by atoms with Crippen molar-refractivity contribution < 1.29 is 57.6 Å². The van der Waals surface area contributed by atoms with Crippen molar-refractivity contribution in [1.29, 1.82) is 0 Å². The number of carbonyl (C=O) groups is 1. The van der Waals surface area contributed by atoms with Crippen molar-refractivity contribution in [3.63, 3.8) is 0 Å². The Labute approximate surface area is 334 Å². The Kier molecular flexibility index (Phi) is 16.4. The third-order valence-corrected chi connectivity index (χ3v) is 12.5. The molecule has 316 valence electrons. The Bertz CT molecular complexity index is 2220. The Morgan fingerprint density at radius 2 is 1.53 bits per heavy atom. The minimum absolute atomic E-state index is 0.0154. The predicted octanol–water partition coefficient (Wildman–Crippen LogP) is 7.60. The molecule has 0 aliphatic carbocycles. The highest BCUT2D eigenvalue weighted by Gasteiger charge is 2.42. The van der Waals surface area contributed by atoms with Gasteiger partial charge in [0.2, 0.25) is 0 Å². The van der Waals surface area contributed by atoms with Crippen molar-refractivity contribution in [3.05, 3.63) is 101 Å². The van der Waals surface area contributed by atoms with E-state index in [0.717, 1.165) is 6.07 Å². The summed E-state index contributed by atoms with van der Waals surface area (Å²) in [6.45, 7) is 10.3. The van der Waals surface area contributed by atoms with Gasteiger partial charge in [-0.3, -0.25) is 18.5 Å². The van der Waals surface area contributed by atoms with E-state index in [2.05, 4.69) is 11.9 Å². The summed E-state index contributed by atoms with van der Waals surface area (Å²) >= 11 is 0. The van der Waals surface area contributed by atoms with Gasteiger partial charge in [0.25, 0.3) is 30.4 Å². The van der Waals surface area contributed by atoms with Gasteiger partial charge < -0.3 is 15.3 Å². The zero-order valence-electron chi connectivity index (χ0n) is 32.2. The lowest BCUT2D eigenvalue weighted by atomic mass is 9.72. The number of fused-ring (bicyclic) bond motifs is 1. The van der Waals surface area contributed by atoms with E-state index < -0.39 is 75.2 Å². The average molecular weight is 859 g/mol. The molecule has 5 N–H and O–H groups in total. The average Bonchev–Trinajstić information content (AvgIpc) is 3.29. The zero-order valence-corrected chi connectivity index (χ0v) is 34.7. The largest absolute Gasteiger partial charge is 0.481 e. The van der Waals surface area contributed by atoms with Gasteiger partial charge in [-0.2, -0.15) is 25.3 Å². The summed E-state index contributed by atoms with van der Waals surface area (Å²) < 4.78 is 128. The van der Waals surface area contributed by atoms with Crippen LogP contribution in [0.4, 0.5) is 20.2 Å². The Balaban J connectivity index is 1.98. The summed E-state index contributed by atoms with van der Waals surface area (Å²) in [5, 5.41) is 12.2. The number of nitrogens with one attached hydrogen (secondary N) is 1. The molecule has 3 rings (SSSR count). The summed E-state index contributed by atoms with van der Waals surface area (Å²) in [5.41, 5.74) is 0.685. The van der Waals surface area contributed by atoms with Gasteiger partial charge >= 0.3 is 5.97 Å².